The monoisotopic (exact) mass is 328 g/mol. The van der Waals surface area contributed by atoms with Crippen LogP contribution >= 0.6 is 0 Å². The summed E-state index contributed by atoms with van der Waals surface area (Å²) in [5.74, 6) is -0.338. The quantitative estimate of drug-likeness (QED) is 0.905. The molecule has 0 bridgehead atoms. The number of pyridine rings is 1. The summed E-state index contributed by atoms with van der Waals surface area (Å²) in [6.45, 7) is 0. The zero-order valence-corrected chi connectivity index (χ0v) is 13.5. The molecule has 3 rings (SSSR count). The SMILES string of the molecule is Cn1cccc(C(=O)NC2CCC(n3ncccc3=O)CC2)c1=O. The molecule has 126 valence electrons. The van der Waals surface area contributed by atoms with E-state index in [9.17, 15) is 14.4 Å². The maximum Gasteiger partial charge on any atom is 0.266 e. The zero-order valence-electron chi connectivity index (χ0n) is 13.5. The molecule has 1 fully saturated rings. The average Bonchev–Trinajstić information content (AvgIpc) is 2.58. The first kappa shape index (κ1) is 16.2. The lowest BCUT2D eigenvalue weighted by Crippen LogP contribution is -2.41. The van der Waals surface area contributed by atoms with Gasteiger partial charge in [0.2, 0.25) is 0 Å². The van der Waals surface area contributed by atoms with Crippen LogP contribution in [0.4, 0.5) is 0 Å². The molecule has 1 amide bonds. The van der Waals surface area contributed by atoms with Crippen LogP contribution in [0.2, 0.25) is 0 Å². The summed E-state index contributed by atoms with van der Waals surface area (Å²) in [5.41, 5.74) is -0.246. The van der Waals surface area contributed by atoms with Gasteiger partial charge in [-0.2, -0.15) is 5.10 Å². The molecule has 0 spiro atoms. The van der Waals surface area contributed by atoms with Gasteiger partial charge in [-0.05, 0) is 43.9 Å². The molecule has 0 aromatic carbocycles. The van der Waals surface area contributed by atoms with Crippen LogP contribution in [0.3, 0.4) is 0 Å². The second-order valence-corrected chi connectivity index (χ2v) is 6.12. The van der Waals surface area contributed by atoms with Gasteiger partial charge in [0.15, 0.2) is 0 Å². The van der Waals surface area contributed by atoms with Crippen LogP contribution in [0.15, 0.2) is 46.2 Å². The molecule has 2 aromatic rings. The van der Waals surface area contributed by atoms with Crippen LogP contribution in [0.1, 0.15) is 42.1 Å². The maximum absolute atomic E-state index is 12.3. The van der Waals surface area contributed by atoms with Gasteiger partial charge >= 0.3 is 0 Å². The summed E-state index contributed by atoms with van der Waals surface area (Å²) in [7, 11) is 1.62. The highest BCUT2D eigenvalue weighted by atomic mass is 16.2. The molecule has 7 heteroatoms. The number of nitrogens with one attached hydrogen (secondary N) is 1. The van der Waals surface area contributed by atoms with E-state index in [0.29, 0.717) is 0 Å². The number of carbonyl (C=O) groups is 1. The van der Waals surface area contributed by atoms with E-state index >= 15 is 0 Å². The number of aromatic nitrogens is 3. The topological polar surface area (TPSA) is 86.0 Å². The van der Waals surface area contributed by atoms with Gasteiger partial charge in [-0.15, -0.1) is 0 Å². The summed E-state index contributed by atoms with van der Waals surface area (Å²) in [6, 6.07) is 6.43. The van der Waals surface area contributed by atoms with Crippen molar-refractivity contribution in [3.05, 3.63) is 62.9 Å². The second kappa shape index (κ2) is 6.82. The Labute approximate surface area is 138 Å². The molecule has 1 aliphatic rings. The third kappa shape index (κ3) is 3.29. The Balaban J connectivity index is 1.62. The van der Waals surface area contributed by atoms with Gasteiger partial charge in [-0.3, -0.25) is 14.4 Å². The summed E-state index contributed by atoms with van der Waals surface area (Å²) in [4.78, 5) is 36.1. The Morgan fingerprint density at radius 3 is 2.62 bits per heavy atom. The smallest absolute Gasteiger partial charge is 0.266 e. The summed E-state index contributed by atoms with van der Waals surface area (Å²) < 4.78 is 2.91. The summed E-state index contributed by atoms with van der Waals surface area (Å²) >= 11 is 0. The molecule has 1 aliphatic carbocycles. The van der Waals surface area contributed by atoms with Crippen molar-refractivity contribution in [2.24, 2.45) is 7.05 Å². The van der Waals surface area contributed by atoms with E-state index in [1.807, 2.05) is 0 Å². The highest BCUT2D eigenvalue weighted by Gasteiger charge is 2.25. The lowest BCUT2D eigenvalue weighted by Gasteiger charge is -2.29. The Morgan fingerprint density at radius 2 is 1.92 bits per heavy atom. The van der Waals surface area contributed by atoms with Crippen LogP contribution in [0.25, 0.3) is 0 Å². The Hall–Kier alpha value is -2.70. The van der Waals surface area contributed by atoms with E-state index in [1.54, 1.807) is 31.6 Å². The van der Waals surface area contributed by atoms with E-state index in [0.717, 1.165) is 25.7 Å². The fraction of sp³-hybridized carbons (Fsp3) is 0.412. The lowest BCUT2D eigenvalue weighted by molar-refractivity contribution is 0.0919. The normalized spacial score (nSPS) is 20.5. The fourth-order valence-electron chi connectivity index (χ4n) is 3.14. The molecule has 2 heterocycles. The molecule has 2 aromatic heterocycles. The minimum Gasteiger partial charge on any atom is -0.349 e. The van der Waals surface area contributed by atoms with Crippen molar-refractivity contribution < 1.29 is 4.79 Å². The lowest BCUT2D eigenvalue weighted by atomic mass is 9.91. The third-order valence-corrected chi connectivity index (χ3v) is 4.49. The van der Waals surface area contributed by atoms with Gasteiger partial charge < -0.3 is 9.88 Å². The first-order chi connectivity index (χ1) is 11.6. The first-order valence-corrected chi connectivity index (χ1v) is 8.06. The number of hydrogen-bond donors (Lipinski definition) is 1. The number of rotatable bonds is 3. The molecular weight excluding hydrogens is 308 g/mol. The minimum atomic E-state index is -0.338. The minimum absolute atomic E-state index is 0.0121. The fourth-order valence-corrected chi connectivity index (χ4v) is 3.14. The van der Waals surface area contributed by atoms with Crippen molar-refractivity contribution in [2.75, 3.05) is 0 Å². The van der Waals surface area contributed by atoms with Crippen molar-refractivity contribution in [1.29, 1.82) is 0 Å². The Bertz CT molecular complexity index is 847. The Kier molecular flexibility index (Phi) is 4.59. The van der Waals surface area contributed by atoms with E-state index in [2.05, 4.69) is 10.4 Å². The van der Waals surface area contributed by atoms with Crippen LogP contribution in [0, 0.1) is 0 Å². The summed E-state index contributed by atoms with van der Waals surface area (Å²) in [6.07, 6.45) is 6.29. The van der Waals surface area contributed by atoms with Gasteiger partial charge in [0.1, 0.15) is 5.56 Å². The average molecular weight is 328 g/mol. The molecule has 1 N–H and O–H groups in total. The number of nitrogens with zero attached hydrogens (tertiary/aromatic N) is 3. The predicted molar refractivity (Wildman–Crippen MR) is 88.9 cm³/mol. The highest BCUT2D eigenvalue weighted by Crippen LogP contribution is 2.26. The number of carbonyl (C=O) groups excluding carboxylic acids is 1. The van der Waals surface area contributed by atoms with Gasteiger partial charge in [0.25, 0.3) is 17.0 Å². The molecule has 1 saturated carbocycles. The van der Waals surface area contributed by atoms with Crippen molar-refractivity contribution in [1.82, 2.24) is 19.7 Å². The van der Waals surface area contributed by atoms with Gasteiger partial charge in [0.05, 0.1) is 6.04 Å². The van der Waals surface area contributed by atoms with E-state index in [4.69, 9.17) is 0 Å². The van der Waals surface area contributed by atoms with Crippen molar-refractivity contribution in [3.8, 4) is 0 Å². The number of aryl methyl sites for hydroxylation is 1. The van der Waals surface area contributed by atoms with Crippen LogP contribution in [-0.4, -0.2) is 26.3 Å². The molecule has 0 aliphatic heterocycles. The zero-order chi connectivity index (χ0) is 17.1. The van der Waals surface area contributed by atoms with Gasteiger partial charge in [-0.1, -0.05) is 0 Å². The molecular formula is C17H20N4O3. The van der Waals surface area contributed by atoms with E-state index in [-0.39, 0.29) is 34.7 Å². The Morgan fingerprint density at radius 1 is 1.17 bits per heavy atom. The standard InChI is InChI=1S/C17H20N4O3/c1-20-11-3-4-14(17(20)24)16(23)19-12-6-8-13(9-7-12)21-15(22)5-2-10-18-21/h2-5,10-13H,6-9H2,1H3,(H,19,23). The van der Waals surface area contributed by atoms with Gasteiger partial charge in [-0.25, -0.2) is 4.68 Å². The van der Waals surface area contributed by atoms with Crippen molar-refractivity contribution >= 4 is 5.91 Å². The van der Waals surface area contributed by atoms with Crippen molar-refractivity contribution in [3.63, 3.8) is 0 Å². The molecule has 7 nitrogen and oxygen atoms in total. The first-order valence-electron chi connectivity index (χ1n) is 8.06. The molecule has 24 heavy (non-hydrogen) atoms. The molecule has 0 radical (unpaired) electrons. The molecule has 0 unspecified atom stereocenters. The second-order valence-electron chi connectivity index (χ2n) is 6.12. The van der Waals surface area contributed by atoms with Gasteiger partial charge in [0, 0.05) is 31.5 Å². The predicted octanol–water partition coefficient (Wildman–Crippen LogP) is 0.856. The number of hydrogen-bond acceptors (Lipinski definition) is 4. The third-order valence-electron chi connectivity index (χ3n) is 4.49. The van der Waals surface area contributed by atoms with Crippen LogP contribution in [-0.2, 0) is 7.05 Å². The van der Waals surface area contributed by atoms with Crippen LogP contribution in [0.5, 0.6) is 0 Å². The number of amides is 1. The largest absolute Gasteiger partial charge is 0.349 e. The van der Waals surface area contributed by atoms with Crippen LogP contribution < -0.4 is 16.4 Å². The van der Waals surface area contributed by atoms with E-state index < -0.39 is 0 Å². The summed E-state index contributed by atoms with van der Waals surface area (Å²) in [5, 5.41) is 7.06. The molecule has 0 saturated heterocycles. The molecule has 0 atom stereocenters. The van der Waals surface area contributed by atoms with E-state index in [1.165, 1.54) is 21.4 Å². The van der Waals surface area contributed by atoms with Crippen molar-refractivity contribution in [2.45, 2.75) is 37.8 Å². The maximum atomic E-state index is 12.3. The highest BCUT2D eigenvalue weighted by molar-refractivity contribution is 5.93.